The van der Waals surface area contributed by atoms with Gasteiger partial charge in [-0.15, -0.1) is 0 Å². The second-order valence-electron chi connectivity index (χ2n) is 5.08. The highest BCUT2D eigenvalue weighted by molar-refractivity contribution is 5.78. The van der Waals surface area contributed by atoms with Crippen LogP contribution in [0.25, 0.3) is 0 Å². The van der Waals surface area contributed by atoms with Gasteiger partial charge in [-0.3, -0.25) is 9.59 Å². The second kappa shape index (κ2) is 7.05. The number of fused-ring (bicyclic) bond motifs is 1. The number of hydrogen-bond acceptors (Lipinski definition) is 2. The van der Waals surface area contributed by atoms with Gasteiger partial charge in [-0.1, -0.05) is 24.3 Å². The molecule has 1 aromatic rings. The molecule has 4 N–H and O–H groups in total. The van der Waals surface area contributed by atoms with E-state index in [0.29, 0.717) is 0 Å². The molecule has 0 radical (unpaired) electrons. The van der Waals surface area contributed by atoms with Gasteiger partial charge in [0.2, 0.25) is 0 Å². The zero-order valence-corrected chi connectivity index (χ0v) is 11.8. The molecule has 0 bridgehead atoms. The number of aryl methyl sites for hydroxylation is 1. The summed E-state index contributed by atoms with van der Waals surface area (Å²) in [6, 6.07) is 8.39. The Morgan fingerprint density at radius 1 is 1.25 bits per heavy atom. The number of benzene rings is 1. The van der Waals surface area contributed by atoms with Gasteiger partial charge >= 0.3 is 0 Å². The zero-order valence-electron chi connectivity index (χ0n) is 11.8. The molecule has 0 saturated heterocycles. The Balaban J connectivity index is 1.85. The third-order valence-corrected chi connectivity index (χ3v) is 3.64. The van der Waals surface area contributed by atoms with Crippen molar-refractivity contribution in [1.29, 1.82) is 0 Å². The maximum Gasteiger partial charge on any atom is 0.275 e. The number of quaternary nitrogens is 1. The van der Waals surface area contributed by atoms with Crippen LogP contribution in [0, 0.1) is 0 Å². The van der Waals surface area contributed by atoms with E-state index >= 15 is 0 Å². The molecule has 0 aliphatic heterocycles. The van der Waals surface area contributed by atoms with Crippen LogP contribution < -0.4 is 16.0 Å². The highest BCUT2D eigenvalue weighted by atomic mass is 16.2. The predicted octanol–water partition coefficient (Wildman–Crippen LogP) is -0.510. The van der Waals surface area contributed by atoms with E-state index < -0.39 is 0 Å². The molecule has 108 valence electrons. The Labute approximate surface area is 119 Å². The van der Waals surface area contributed by atoms with Crippen molar-refractivity contribution in [2.24, 2.45) is 0 Å². The minimum atomic E-state index is -0.0687. The van der Waals surface area contributed by atoms with Crippen LogP contribution in [0.2, 0.25) is 0 Å². The van der Waals surface area contributed by atoms with Crippen LogP contribution in [0.15, 0.2) is 24.3 Å². The lowest BCUT2D eigenvalue weighted by atomic mass is 9.88. The summed E-state index contributed by atoms with van der Waals surface area (Å²) in [4.78, 5) is 23.0. The minimum Gasteiger partial charge on any atom is -0.354 e. The fourth-order valence-electron chi connectivity index (χ4n) is 2.59. The van der Waals surface area contributed by atoms with Gasteiger partial charge in [-0.25, -0.2) is 0 Å². The van der Waals surface area contributed by atoms with Crippen LogP contribution in [0.4, 0.5) is 0 Å². The van der Waals surface area contributed by atoms with Crippen LogP contribution in [-0.4, -0.2) is 32.0 Å². The number of amides is 2. The lowest BCUT2D eigenvalue weighted by Gasteiger charge is -2.26. The van der Waals surface area contributed by atoms with Crippen LogP contribution in [-0.2, 0) is 16.0 Å². The molecule has 0 fully saturated rings. The average molecular weight is 276 g/mol. The lowest BCUT2D eigenvalue weighted by Crippen LogP contribution is -2.88. The normalized spacial score (nSPS) is 17.1. The van der Waals surface area contributed by atoms with Crippen LogP contribution in [0.1, 0.15) is 30.0 Å². The molecule has 0 aromatic heterocycles. The highest BCUT2D eigenvalue weighted by Gasteiger charge is 2.21. The molecule has 2 amide bonds. The molecular formula is C15H22N3O2+. The van der Waals surface area contributed by atoms with E-state index in [2.05, 4.69) is 22.8 Å². The van der Waals surface area contributed by atoms with E-state index in [1.807, 2.05) is 12.1 Å². The monoisotopic (exact) mass is 276 g/mol. The average Bonchev–Trinajstić information content (AvgIpc) is 2.47. The summed E-state index contributed by atoms with van der Waals surface area (Å²) in [5, 5.41) is 7.31. The number of carbonyl (C=O) groups excluding carboxylic acids is 2. The Kier molecular flexibility index (Phi) is 5.12. The van der Waals surface area contributed by atoms with E-state index in [1.165, 1.54) is 11.1 Å². The maximum atomic E-state index is 11.9. The summed E-state index contributed by atoms with van der Waals surface area (Å²) in [7, 11) is 1.59. The molecule has 0 saturated carbocycles. The van der Waals surface area contributed by atoms with Gasteiger partial charge in [0.15, 0.2) is 13.1 Å². The van der Waals surface area contributed by atoms with Crippen molar-refractivity contribution in [3.05, 3.63) is 35.4 Å². The molecule has 5 nitrogen and oxygen atoms in total. The number of nitrogens with two attached hydrogens (primary N) is 1. The van der Waals surface area contributed by atoms with Crippen molar-refractivity contribution in [2.75, 3.05) is 20.1 Å². The molecule has 1 aliphatic carbocycles. The standard InChI is InChI=1S/C15H21N3O2/c1-16-14(19)9-17-10-15(20)18-13-8-4-6-11-5-2-3-7-12(11)13/h2-3,5,7,13,17H,4,6,8-10H2,1H3,(H,16,19)(H,18,20)/p+1/t13-/m1/s1. The molecule has 2 rings (SSSR count). The van der Waals surface area contributed by atoms with E-state index in [4.69, 9.17) is 0 Å². The highest BCUT2D eigenvalue weighted by Crippen LogP contribution is 2.29. The molecule has 1 aromatic carbocycles. The molecule has 0 spiro atoms. The van der Waals surface area contributed by atoms with Crippen molar-refractivity contribution in [1.82, 2.24) is 10.6 Å². The molecule has 1 aliphatic rings. The summed E-state index contributed by atoms with van der Waals surface area (Å²) in [5.74, 6) is -0.0866. The SMILES string of the molecule is CNC(=O)C[NH2+]CC(=O)N[C@@H]1CCCc2ccccc21. The van der Waals surface area contributed by atoms with Crippen LogP contribution in [0.3, 0.4) is 0 Å². The van der Waals surface area contributed by atoms with Gasteiger partial charge < -0.3 is 16.0 Å². The minimum absolute atomic E-state index is 0.0180. The number of nitrogens with one attached hydrogen (secondary N) is 2. The van der Waals surface area contributed by atoms with Crippen LogP contribution >= 0.6 is 0 Å². The molecule has 1 atom stereocenters. The Hall–Kier alpha value is -1.88. The van der Waals surface area contributed by atoms with Crippen molar-refractivity contribution in [3.8, 4) is 0 Å². The summed E-state index contributed by atoms with van der Waals surface area (Å²) in [6.45, 7) is 0.567. The second-order valence-corrected chi connectivity index (χ2v) is 5.08. The van der Waals surface area contributed by atoms with Gasteiger partial charge in [0.1, 0.15) is 0 Å². The first-order valence-electron chi connectivity index (χ1n) is 7.10. The fourth-order valence-corrected chi connectivity index (χ4v) is 2.59. The zero-order chi connectivity index (χ0) is 14.4. The topological polar surface area (TPSA) is 74.8 Å². The number of likely N-dealkylation sites (N-methyl/N-ethyl adjacent to an activating group) is 1. The van der Waals surface area contributed by atoms with Crippen molar-refractivity contribution < 1.29 is 14.9 Å². The first kappa shape index (κ1) is 14.5. The van der Waals surface area contributed by atoms with Crippen LogP contribution in [0.5, 0.6) is 0 Å². The number of rotatable bonds is 5. The largest absolute Gasteiger partial charge is 0.354 e. The molecule has 0 unspecified atom stereocenters. The van der Waals surface area contributed by atoms with Crippen molar-refractivity contribution in [2.45, 2.75) is 25.3 Å². The van der Waals surface area contributed by atoms with Gasteiger partial charge in [0, 0.05) is 7.05 Å². The van der Waals surface area contributed by atoms with Gasteiger partial charge in [0.05, 0.1) is 6.04 Å². The fraction of sp³-hybridized carbons (Fsp3) is 0.467. The third kappa shape index (κ3) is 3.81. The Morgan fingerprint density at radius 3 is 2.80 bits per heavy atom. The Morgan fingerprint density at radius 2 is 2.00 bits per heavy atom. The third-order valence-electron chi connectivity index (χ3n) is 3.64. The molecule has 5 heteroatoms. The van der Waals surface area contributed by atoms with Gasteiger partial charge in [-0.05, 0) is 30.4 Å². The first-order valence-corrected chi connectivity index (χ1v) is 7.10. The first-order chi connectivity index (χ1) is 9.70. The molecule has 0 heterocycles. The Bertz CT molecular complexity index is 488. The van der Waals surface area contributed by atoms with Gasteiger partial charge in [0.25, 0.3) is 11.8 Å². The van der Waals surface area contributed by atoms with E-state index in [1.54, 1.807) is 12.4 Å². The van der Waals surface area contributed by atoms with Crippen molar-refractivity contribution >= 4 is 11.8 Å². The quantitative estimate of drug-likeness (QED) is 0.677. The number of hydrogen-bond donors (Lipinski definition) is 3. The van der Waals surface area contributed by atoms with Gasteiger partial charge in [-0.2, -0.15) is 0 Å². The summed E-state index contributed by atoms with van der Waals surface area (Å²) in [5.41, 5.74) is 2.57. The molecular weight excluding hydrogens is 254 g/mol. The summed E-state index contributed by atoms with van der Waals surface area (Å²) in [6.07, 6.45) is 3.17. The van der Waals surface area contributed by atoms with E-state index in [-0.39, 0.29) is 30.9 Å². The predicted molar refractivity (Wildman–Crippen MR) is 76.0 cm³/mol. The van der Waals surface area contributed by atoms with E-state index in [9.17, 15) is 9.59 Å². The number of carbonyl (C=O) groups is 2. The lowest BCUT2D eigenvalue weighted by molar-refractivity contribution is -0.633. The van der Waals surface area contributed by atoms with Crippen molar-refractivity contribution in [3.63, 3.8) is 0 Å². The smallest absolute Gasteiger partial charge is 0.275 e. The maximum absolute atomic E-state index is 11.9. The van der Waals surface area contributed by atoms with E-state index in [0.717, 1.165) is 19.3 Å². The molecule has 20 heavy (non-hydrogen) atoms. The summed E-state index contributed by atoms with van der Waals surface area (Å²) >= 11 is 0. The summed E-state index contributed by atoms with van der Waals surface area (Å²) < 4.78 is 0.